The number of hydrogen-bond acceptors (Lipinski definition) is 0. The molecule has 0 aromatic heterocycles. The normalized spacial score (nSPS) is 23.2. The van der Waals surface area contributed by atoms with E-state index in [0.29, 0.717) is 0 Å². The maximum atomic E-state index is 2.44. The number of benzene rings is 2. The molecule has 0 saturated carbocycles. The Labute approximate surface area is 154 Å². The first kappa shape index (κ1) is 14.8. The summed E-state index contributed by atoms with van der Waals surface area (Å²) in [7, 11) is 0. The Morgan fingerprint density at radius 2 is 1.73 bits per heavy atom. The van der Waals surface area contributed by atoms with Crippen LogP contribution in [0.4, 0.5) is 0 Å². The number of rotatable bonds is 1. The molecule has 0 heterocycles. The third-order valence-electron chi connectivity index (χ3n) is 6.91. The molecular weight excluding hydrogens is 312 g/mol. The monoisotopic (exact) mass is 336 g/mol. The van der Waals surface area contributed by atoms with E-state index >= 15 is 0 Å². The standard InChI is InChI=1S/C26H24/c1-2-5-21-16-22(11-8-17(21)4-1)23-14-12-20-10-9-18-6-3-7-19-13-15-24(23)26(20)25(18)19/h1,4,6,8-11,13,15,21H,2-3,5,7,12,14,16H2. The van der Waals surface area contributed by atoms with Gasteiger partial charge in [-0.25, -0.2) is 0 Å². The molecule has 26 heavy (non-hydrogen) atoms. The maximum Gasteiger partial charge on any atom is -0.00677 e. The minimum atomic E-state index is 0.738. The zero-order chi connectivity index (χ0) is 17.1. The van der Waals surface area contributed by atoms with Gasteiger partial charge in [-0.15, -0.1) is 0 Å². The van der Waals surface area contributed by atoms with Crippen LogP contribution >= 0.6 is 0 Å². The minimum absolute atomic E-state index is 0.738. The summed E-state index contributed by atoms with van der Waals surface area (Å²) in [6.45, 7) is 0. The van der Waals surface area contributed by atoms with Gasteiger partial charge in [0.05, 0.1) is 0 Å². The molecule has 0 nitrogen and oxygen atoms in total. The number of aryl methyl sites for hydroxylation is 2. The van der Waals surface area contributed by atoms with E-state index in [0.717, 1.165) is 5.92 Å². The molecule has 1 unspecified atom stereocenters. The van der Waals surface area contributed by atoms with Crippen LogP contribution < -0.4 is 10.4 Å². The van der Waals surface area contributed by atoms with E-state index in [1.807, 2.05) is 0 Å². The summed E-state index contributed by atoms with van der Waals surface area (Å²) >= 11 is 0. The highest BCUT2D eigenvalue weighted by Crippen LogP contribution is 2.38. The fraction of sp³-hybridized carbons (Fsp3) is 0.308. The molecule has 128 valence electrons. The van der Waals surface area contributed by atoms with Gasteiger partial charge in [-0.2, -0.15) is 0 Å². The quantitative estimate of drug-likeness (QED) is 0.696. The van der Waals surface area contributed by atoms with E-state index in [1.54, 1.807) is 38.6 Å². The summed E-state index contributed by atoms with van der Waals surface area (Å²) in [5.41, 5.74) is 7.88. The molecule has 4 aliphatic rings. The van der Waals surface area contributed by atoms with Gasteiger partial charge in [-0.05, 0) is 99.9 Å². The smallest absolute Gasteiger partial charge is 0.00677 e. The fourth-order valence-electron chi connectivity index (χ4n) is 5.60. The van der Waals surface area contributed by atoms with Crippen molar-refractivity contribution in [1.82, 2.24) is 0 Å². The molecule has 0 saturated heterocycles. The highest BCUT2D eigenvalue weighted by molar-refractivity contribution is 5.94. The Morgan fingerprint density at radius 3 is 2.73 bits per heavy atom. The Hall–Kier alpha value is -2.34. The third-order valence-corrected chi connectivity index (χ3v) is 6.91. The third kappa shape index (κ3) is 2.08. The van der Waals surface area contributed by atoms with Crippen LogP contribution in [0.15, 0.2) is 59.7 Å². The van der Waals surface area contributed by atoms with Crippen molar-refractivity contribution in [2.24, 2.45) is 5.92 Å². The molecular formula is C26H24. The summed E-state index contributed by atoms with van der Waals surface area (Å²) in [5, 5.41) is 6.11. The second-order valence-corrected chi connectivity index (χ2v) is 8.30. The van der Waals surface area contributed by atoms with E-state index in [4.69, 9.17) is 0 Å². The van der Waals surface area contributed by atoms with Gasteiger partial charge >= 0.3 is 0 Å². The van der Waals surface area contributed by atoms with Crippen LogP contribution in [0, 0.1) is 5.92 Å². The largest absolute Gasteiger partial charge is 0.0842 e. The van der Waals surface area contributed by atoms with Crippen LogP contribution in [0.5, 0.6) is 0 Å². The van der Waals surface area contributed by atoms with Crippen LogP contribution in [-0.2, 0) is 12.8 Å². The van der Waals surface area contributed by atoms with Gasteiger partial charge in [0.1, 0.15) is 0 Å². The van der Waals surface area contributed by atoms with Gasteiger partial charge in [-0.3, -0.25) is 0 Å². The van der Waals surface area contributed by atoms with E-state index in [2.05, 4.69) is 54.6 Å². The van der Waals surface area contributed by atoms with Gasteiger partial charge in [0.2, 0.25) is 0 Å². The maximum absolute atomic E-state index is 2.44. The second-order valence-electron chi connectivity index (χ2n) is 8.30. The van der Waals surface area contributed by atoms with Crippen molar-refractivity contribution in [2.75, 3.05) is 0 Å². The summed E-state index contributed by atoms with van der Waals surface area (Å²) in [6.07, 6.45) is 20.5. The summed E-state index contributed by atoms with van der Waals surface area (Å²) in [5.74, 6) is 0.738. The molecule has 0 heteroatoms. The van der Waals surface area contributed by atoms with Crippen LogP contribution in [0.2, 0.25) is 0 Å². The van der Waals surface area contributed by atoms with Crippen LogP contribution in [0.3, 0.4) is 0 Å². The fourth-order valence-corrected chi connectivity index (χ4v) is 5.60. The molecule has 0 radical (unpaired) electrons. The van der Waals surface area contributed by atoms with Crippen molar-refractivity contribution in [3.8, 4) is 0 Å². The molecule has 0 amide bonds. The molecule has 2 aromatic rings. The lowest BCUT2D eigenvalue weighted by Crippen LogP contribution is -2.23. The number of hydrogen-bond donors (Lipinski definition) is 0. The summed E-state index contributed by atoms with van der Waals surface area (Å²) < 4.78 is 0. The zero-order valence-electron chi connectivity index (χ0n) is 15.2. The first-order chi connectivity index (χ1) is 12.9. The van der Waals surface area contributed by atoms with E-state index in [9.17, 15) is 0 Å². The molecule has 0 bridgehead atoms. The Bertz CT molecular complexity index is 1150. The van der Waals surface area contributed by atoms with Crippen LogP contribution in [0.1, 0.15) is 43.2 Å². The average Bonchev–Trinajstić information content (AvgIpc) is 2.71. The van der Waals surface area contributed by atoms with E-state index in [-0.39, 0.29) is 0 Å². The molecule has 0 fully saturated rings. The zero-order valence-corrected chi connectivity index (χ0v) is 15.2. The molecule has 0 N–H and O–H groups in total. The Morgan fingerprint density at radius 1 is 0.808 bits per heavy atom. The van der Waals surface area contributed by atoms with Crippen molar-refractivity contribution in [3.63, 3.8) is 0 Å². The van der Waals surface area contributed by atoms with Gasteiger partial charge in [-0.1, -0.05) is 54.6 Å². The Balaban J connectivity index is 1.63. The SMILES string of the molecule is C1=CC2=CC=C(C3=c4ccc5c6c(ccc(c46)CC3)=CCC5)CC2CC1. The molecule has 0 spiro atoms. The number of fused-ring (bicyclic) bond motifs is 1. The van der Waals surface area contributed by atoms with Gasteiger partial charge in [0, 0.05) is 0 Å². The average molecular weight is 336 g/mol. The first-order valence-electron chi connectivity index (χ1n) is 10.2. The van der Waals surface area contributed by atoms with Gasteiger partial charge in [0.25, 0.3) is 0 Å². The van der Waals surface area contributed by atoms with E-state index < -0.39 is 0 Å². The highest BCUT2D eigenvalue weighted by atomic mass is 14.3. The topological polar surface area (TPSA) is 0 Å². The summed E-state index contributed by atoms with van der Waals surface area (Å²) in [6, 6.07) is 9.60. The lowest BCUT2D eigenvalue weighted by atomic mass is 9.76. The minimum Gasteiger partial charge on any atom is -0.0842 e. The van der Waals surface area contributed by atoms with Crippen molar-refractivity contribution < 1.29 is 0 Å². The molecule has 0 aliphatic heterocycles. The van der Waals surface area contributed by atoms with Crippen molar-refractivity contribution in [3.05, 3.63) is 81.3 Å². The Kier molecular flexibility index (Phi) is 3.17. The molecule has 4 aliphatic carbocycles. The first-order valence-corrected chi connectivity index (χ1v) is 10.2. The highest BCUT2D eigenvalue weighted by Gasteiger charge is 2.24. The molecule has 6 rings (SSSR count). The van der Waals surface area contributed by atoms with Crippen LogP contribution in [0.25, 0.3) is 22.4 Å². The second kappa shape index (κ2) is 5.58. The van der Waals surface area contributed by atoms with Gasteiger partial charge < -0.3 is 0 Å². The predicted molar refractivity (Wildman–Crippen MR) is 110 cm³/mol. The predicted octanol–water partition coefficient (Wildman–Crippen LogP) is 4.89. The number of allylic oxidation sites excluding steroid dienone is 6. The summed E-state index contributed by atoms with van der Waals surface area (Å²) in [4.78, 5) is 0. The lowest BCUT2D eigenvalue weighted by Gasteiger charge is -2.29. The lowest BCUT2D eigenvalue weighted by molar-refractivity contribution is 0.556. The molecule has 2 aromatic carbocycles. The van der Waals surface area contributed by atoms with Crippen molar-refractivity contribution in [2.45, 2.75) is 44.9 Å². The van der Waals surface area contributed by atoms with Crippen LogP contribution in [-0.4, -0.2) is 0 Å². The molecule has 1 atom stereocenters. The van der Waals surface area contributed by atoms with E-state index in [1.165, 1.54) is 55.4 Å². The van der Waals surface area contributed by atoms with Gasteiger partial charge in [0.15, 0.2) is 0 Å². The van der Waals surface area contributed by atoms with Crippen molar-refractivity contribution in [1.29, 1.82) is 0 Å². The van der Waals surface area contributed by atoms with Crippen molar-refractivity contribution >= 4 is 22.4 Å².